The van der Waals surface area contributed by atoms with Crippen LogP contribution in [0.25, 0.3) is 28.4 Å². The van der Waals surface area contributed by atoms with E-state index >= 15 is 0 Å². The molecule has 6 nitrogen and oxygen atoms in total. The van der Waals surface area contributed by atoms with E-state index in [-0.39, 0.29) is 11.6 Å². The zero-order chi connectivity index (χ0) is 15.8. The second-order valence-electron chi connectivity index (χ2n) is 5.01. The number of oxazole rings is 1. The number of ether oxygens (including phenoxy) is 1. The Labute approximate surface area is 130 Å². The minimum Gasteiger partial charge on any atom is -0.496 e. The van der Waals surface area contributed by atoms with Crippen LogP contribution in [0.4, 0.5) is 0 Å². The first-order valence-electron chi connectivity index (χ1n) is 7.07. The average molecular weight is 307 g/mol. The second kappa shape index (κ2) is 5.17. The topological polar surface area (TPSA) is 73.1 Å². The van der Waals surface area contributed by atoms with Gasteiger partial charge in [0.1, 0.15) is 11.3 Å². The van der Waals surface area contributed by atoms with Gasteiger partial charge in [0.05, 0.1) is 12.8 Å². The molecule has 2 heterocycles. The molecule has 6 heteroatoms. The zero-order valence-electron chi connectivity index (χ0n) is 12.3. The fourth-order valence-electron chi connectivity index (χ4n) is 2.50. The van der Waals surface area contributed by atoms with Crippen LogP contribution in [0.5, 0.6) is 5.75 Å². The van der Waals surface area contributed by atoms with Gasteiger partial charge in [-0.15, -0.1) is 0 Å². The number of nitrogens with zero attached hydrogens (tertiary/aromatic N) is 2. The molecular weight excluding hydrogens is 294 g/mol. The Hall–Kier alpha value is -3.28. The van der Waals surface area contributed by atoms with E-state index in [2.05, 4.69) is 10.1 Å². The Morgan fingerprint density at radius 3 is 2.74 bits per heavy atom. The molecule has 1 N–H and O–H groups in total. The van der Waals surface area contributed by atoms with E-state index in [4.69, 9.17) is 9.15 Å². The molecule has 0 saturated heterocycles. The molecule has 114 valence electrons. The first kappa shape index (κ1) is 13.4. The molecule has 0 atom stereocenters. The van der Waals surface area contributed by atoms with E-state index in [0.717, 1.165) is 5.56 Å². The number of hydrogen-bond donors (Lipinski definition) is 1. The van der Waals surface area contributed by atoms with Gasteiger partial charge in [-0.05, 0) is 24.3 Å². The van der Waals surface area contributed by atoms with Crippen LogP contribution in [0, 0.1) is 0 Å². The van der Waals surface area contributed by atoms with Crippen molar-refractivity contribution in [3.8, 4) is 23.0 Å². The van der Waals surface area contributed by atoms with Crippen molar-refractivity contribution in [3.63, 3.8) is 0 Å². The van der Waals surface area contributed by atoms with Crippen molar-refractivity contribution in [2.45, 2.75) is 0 Å². The third-order valence-electron chi connectivity index (χ3n) is 3.59. The molecule has 0 radical (unpaired) electrons. The van der Waals surface area contributed by atoms with Gasteiger partial charge in [0.2, 0.25) is 0 Å². The monoisotopic (exact) mass is 307 g/mol. The molecule has 2 aromatic heterocycles. The van der Waals surface area contributed by atoms with Gasteiger partial charge >= 0.3 is 6.01 Å². The Kier molecular flexibility index (Phi) is 3.01. The number of nitrogens with one attached hydrogen (secondary N) is 1. The Balaban J connectivity index is 1.85. The highest BCUT2D eigenvalue weighted by Crippen LogP contribution is 2.27. The van der Waals surface area contributed by atoms with Gasteiger partial charge in [-0.1, -0.05) is 24.3 Å². The molecular formula is C17H13N3O3. The van der Waals surface area contributed by atoms with Crippen LogP contribution >= 0.6 is 0 Å². The lowest BCUT2D eigenvalue weighted by molar-refractivity contribution is 0.416. The lowest BCUT2D eigenvalue weighted by atomic mass is 10.1. The maximum Gasteiger partial charge on any atom is 0.325 e. The van der Waals surface area contributed by atoms with Crippen LogP contribution < -0.4 is 10.3 Å². The molecule has 0 fully saturated rings. The number of rotatable bonds is 3. The standard InChI is InChI=1S/C17H13N3O3/c1-22-14-8-4-2-6-11(14)13-10-16(21)20(19-13)17-18-12-7-3-5-9-15(12)23-17/h2-10,19H,1H3. The molecule has 0 saturated carbocycles. The number of fused-ring (bicyclic) bond motifs is 1. The normalized spacial score (nSPS) is 11.0. The van der Waals surface area contributed by atoms with Crippen molar-refractivity contribution in [2.24, 2.45) is 0 Å². The predicted octanol–water partition coefficient (Wildman–Crippen LogP) is 2.98. The van der Waals surface area contributed by atoms with Crippen LogP contribution in [0.15, 0.2) is 63.8 Å². The summed E-state index contributed by atoms with van der Waals surface area (Å²) in [4.78, 5) is 16.6. The minimum absolute atomic E-state index is 0.206. The van der Waals surface area contributed by atoms with Gasteiger partial charge in [-0.2, -0.15) is 9.67 Å². The summed E-state index contributed by atoms with van der Waals surface area (Å²) in [5.41, 5.74) is 2.50. The van der Waals surface area contributed by atoms with E-state index in [1.165, 1.54) is 10.7 Å². The van der Waals surface area contributed by atoms with Crippen molar-refractivity contribution in [3.05, 3.63) is 65.0 Å². The maximum atomic E-state index is 12.3. The summed E-state index contributed by atoms with van der Waals surface area (Å²) >= 11 is 0. The first-order chi connectivity index (χ1) is 11.3. The molecule has 23 heavy (non-hydrogen) atoms. The average Bonchev–Trinajstić information content (AvgIpc) is 3.17. The van der Waals surface area contributed by atoms with Crippen molar-refractivity contribution in [1.29, 1.82) is 0 Å². The van der Waals surface area contributed by atoms with Crippen LogP contribution in [0.2, 0.25) is 0 Å². The zero-order valence-corrected chi connectivity index (χ0v) is 12.3. The maximum absolute atomic E-state index is 12.3. The van der Waals surface area contributed by atoms with Gasteiger partial charge in [-0.3, -0.25) is 9.89 Å². The van der Waals surface area contributed by atoms with E-state index < -0.39 is 0 Å². The van der Waals surface area contributed by atoms with E-state index in [1.54, 1.807) is 13.2 Å². The van der Waals surface area contributed by atoms with Gasteiger partial charge in [0.25, 0.3) is 5.56 Å². The third kappa shape index (κ3) is 2.20. The van der Waals surface area contributed by atoms with Crippen LogP contribution in [0.3, 0.4) is 0 Å². The predicted molar refractivity (Wildman–Crippen MR) is 85.9 cm³/mol. The van der Waals surface area contributed by atoms with E-state index in [9.17, 15) is 4.79 Å². The number of aromatic amines is 1. The number of H-pyrrole nitrogens is 1. The number of methoxy groups -OCH3 is 1. The Morgan fingerprint density at radius 2 is 1.91 bits per heavy atom. The highest BCUT2D eigenvalue weighted by molar-refractivity contribution is 5.73. The van der Waals surface area contributed by atoms with Crippen molar-refractivity contribution >= 4 is 11.1 Å². The Morgan fingerprint density at radius 1 is 1.13 bits per heavy atom. The molecule has 0 unspecified atom stereocenters. The Bertz CT molecular complexity index is 1010. The molecule has 0 spiro atoms. The van der Waals surface area contributed by atoms with Crippen molar-refractivity contribution in [2.75, 3.05) is 7.11 Å². The molecule has 0 aliphatic carbocycles. The first-order valence-corrected chi connectivity index (χ1v) is 7.07. The second-order valence-corrected chi connectivity index (χ2v) is 5.01. The number of aromatic nitrogens is 3. The van der Waals surface area contributed by atoms with Gasteiger partial charge < -0.3 is 9.15 Å². The summed E-state index contributed by atoms with van der Waals surface area (Å²) < 4.78 is 12.2. The summed E-state index contributed by atoms with van der Waals surface area (Å²) in [5.74, 6) is 0.679. The molecule has 0 aliphatic heterocycles. The highest BCUT2D eigenvalue weighted by atomic mass is 16.5. The number of hydrogen-bond acceptors (Lipinski definition) is 4. The van der Waals surface area contributed by atoms with Crippen molar-refractivity contribution < 1.29 is 9.15 Å². The molecule has 4 aromatic rings. The largest absolute Gasteiger partial charge is 0.496 e. The molecule has 0 bridgehead atoms. The quantitative estimate of drug-likeness (QED) is 0.631. The third-order valence-corrected chi connectivity index (χ3v) is 3.59. The fourth-order valence-corrected chi connectivity index (χ4v) is 2.50. The SMILES string of the molecule is COc1ccccc1-c1cc(=O)n(-c2nc3ccccc3o2)[nH]1. The minimum atomic E-state index is -0.252. The van der Waals surface area contributed by atoms with Crippen molar-refractivity contribution in [1.82, 2.24) is 14.8 Å². The number of benzene rings is 2. The van der Waals surface area contributed by atoms with Gasteiger partial charge in [0, 0.05) is 11.6 Å². The molecule has 2 aromatic carbocycles. The smallest absolute Gasteiger partial charge is 0.325 e. The highest BCUT2D eigenvalue weighted by Gasteiger charge is 2.14. The van der Waals surface area contributed by atoms with Gasteiger partial charge in [0.15, 0.2) is 5.58 Å². The lowest BCUT2D eigenvalue weighted by Crippen LogP contribution is -2.13. The molecule has 0 amide bonds. The van der Waals surface area contributed by atoms with E-state index in [0.29, 0.717) is 22.5 Å². The molecule has 0 aliphatic rings. The number of para-hydroxylation sites is 3. The van der Waals surface area contributed by atoms with Crippen LogP contribution in [-0.4, -0.2) is 21.9 Å². The summed E-state index contributed by atoms with van der Waals surface area (Å²) in [6, 6.07) is 16.5. The fraction of sp³-hybridized carbons (Fsp3) is 0.0588. The van der Waals surface area contributed by atoms with Gasteiger partial charge in [-0.25, -0.2) is 0 Å². The summed E-state index contributed by atoms with van der Waals surface area (Å²) in [7, 11) is 1.59. The lowest BCUT2D eigenvalue weighted by Gasteiger charge is -2.05. The van der Waals surface area contributed by atoms with Crippen LogP contribution in [-0.2, 0) is 0 Å². The summed E-state index contributed by atoms with van der Waals surface area (Å²) in [6.07, 6.45) is 0. The van der Waals surface area contributed by atoms with Crippen LogP contribution in [0.1, 0.15) is 0 Å². The molecule has 4 rings (SSSR count). The van der Waals surface area contributed by atoms with E-state index in [1.807, 2.05) is 42.5 Å². The summed E-state index contributed by atoms with van der Waals surface area (Å²) in [6.45, 7) is 0. The summed E-state index contributed by atoms with van der Waals surface area (Å²) in [5, 5.41) is 3.02.